The van der Waals surface area contributed by atoms with Crippen molar-refractivity contribution in [2.45, 2.75) is 31.7 Å². The second kappa shape index (κ2) is 4.80. The summed E-state index contributed by atoms with van der Waals surface area (Å²) in [6, 6.07) is 2.79. The Morgan fingerprint density at radius 2 is 1.94 bits per heavy atom. The molecule has 0 aliphatic rings. The molecule has 0 saturated carbocycles. The van der Waals surface area contributed by atoms with Gasteiger partial charge >= 0.3 is 0 Å². The number of anilines is 1. The molecule has 3 N–H and O–H groups in total. The summed E-state index contributed by atoms with van der Waals surface area (Å²) in [6.45, 7) is 5.73. The summed E-state index contributed by atoms with van der Waals surface area (Å²) in [6.07, 6.45) is 1.25. The molecule has 0 aliphatic carbocycles. The van der Waals surface area contributed by atoms with Gasteiger partial charge in [-0.1, -0.05) is 13.8 Å². The number of sulfonamides is 1. The lowest BCUT2D eigenvalue weighted by molar-refractivity contribution is 0.476. The summed E-state index contributed by atoms with van der Waals surface area (Å²) in [5.41, 5.74) is 5.39. The van der Waals surface area contributed by atoms with E-state index >= 15 is 0 Å². The van der Waals surface area contributed by atoms with Gasteiger partial charge < -0.3 is 5.73 Å². The highest BCUT2D eigenvalue weighted by Gasteiger charge is 2.19. The molecule has 0 aromatic carbocycles. The molecule has 6 heteroatoms. The number of nitrogens with two attached hydrogens (primary N) is 1. The molecule has 1 atom stereocenters. The molecule has 5 nitrogen and oxygen atoms in total. The van der Waals surface area contributed by atoms with Gasteiger partial charge in [-0.2, -0.15) is 0 Å². The number of nitrogen functional groups attached to an aromatic ring is 1. The molecular weight excluding hydrogens is 226 g/mol. The SMILES string of the molecule is CC(C)C(C)NS(=O)(=O)c1ccc(N)nc1. The van der Waals surface area contributed by atoms with Crippen LogP contribution in [0.25, 0.3) is 0 Å². The Hall–Kier alpha value is -1.14. The zero-order valence-corrected chi connectivity index (χ0v) is 10.5. The van der Waals surface area contributed by atoms with E-state index in [1.165, 1.54) is 18.3 Å². The highest BCUT2D eigenvalue weighted by molar-refractivity contribution is 7.89. The number of nitrogens with zero attached hydrogens (tertiary/aromatic N) is 1. The minimum absolute atomic E-state index is 0.123. The van der Waals surface area contributed by atoms with Crippen LogP contribution >= 0.6 is 0 Å². The first kappa shape index (κ1) is 12.9. The van der Waals surface area contributed by atoms with Crippen LogP contribution in [0.1, 0.15) is 20.8 Å². The molecule has 0 saturated heterocycles. The smallest absolute Gasteiger partial charge is 0.242 e. The summed E-state index contributed by atoms with van der Waals surface area (Å²) in [4.78, 5) is 3.89. The predicted molar refractivity (Wildman–Crippen MR) is 63.3 cm³/mol. The van der Waals surface area contributed by atoms with Gasteiger partial charge in [-0.15, -0.1) is 0 Å². The number of pyridine rings is 1. The standard InChI is InChI=1S/C10H17N3O2S/c1-7(2)8(3)13-16(14,15)9-4-5-10(11)12-6-9/h4-8,13H,1-3H3,(H2,11,12). The van der Waals surface area contributed by atoms with E-state index in [1.54, 1.807) is 0 Å². The van der Waals surface area contributed by atoms with Gasteiger partial charge in [0, 0.05) is 12.2 Å². The van der Waals surface area contributed by atoms with Crippen molar-refractivity contribution in [1.29, 1.82) is 0 Å². The molecule has 1 aromatic rings. The predicted octanol–water partition coefficient (Wildman–Crippen LogP) is 0.987. The van der Waals surface area contributed by atoms with Crippen LogP contribution in [0.5, 0.6) is 0 Å². The van der Waals surface area contributed by atoms with Gasteiger partial charge in [0.2, 0.25) is 10.0 Å². The van der Waals surface area contributed by atoms with Gasteiger partial charge in [0.1, 0.15) is 10.7 Å². The quantitative estimate of drug-likeness (QED) is 0.825. The van der Waals surface area contributed by atoms with E-state index in [0.717, 1.165) is 0 Å². The molecule has 0 aliphatic heterocycles. The van der Waals surface area contributed by atoms with Crippen molar-refractivity contribution in [2.75, 3.05) is 5.73 Å². The summed E-state index contributed by atoms with van der Waals surface area (Å²) in [5.74, 6) is 0.535. The van der Waals surface area contributed by atoms with Gasteiger partial charge in [-0.05, 0) is 25.0 Å². The minimum atomic E-state index is -3.49. The molecule has 0 radical (unpaired) electrons. The average molecular weight is 243 g/mol. The van der Waals surface area contributed by atoms with Crippen LogP contribution in [-0.4, -0.2) is 19.4 Å². The molecule has 16 heavy (non-hydrogen) atoms. The highest BCUT2D eigenvalue weighted by atomic mass is 32.2. The van der Waals surface area contributed by atoms with Crippen molar-refractivity contribution >= 4 is 15.8 Å². The Morgan fingerprint density at radius 3 is 2.38 bits per heavy atom. The molecular formula is C10H17N3O2S. The molecule has 0 fully saturated rings. The van der Waals surface area contributed by atoms with E-state index in [0.29, 0.717) is 5.82 Å². The maximum absolute atomic E-state index is 11.9. The molecule has 1 unspecified atom stereocenters. The summed E-state index contributed by atoms with van der Waals surface area (Å²) >= 11 is 0. The average Bonchev–Trinajstić information content (AvgIpc) is 2.17. The molecule has 90 valence electrons. The molecule has 1 heterocycles. The summed E-state index contributed by atoms with van der Waals surface area (Å²) in [7, 11) is -3.49. The van der Waals surface area contributed by atoms with Gasteiger partial charge in [0.15, 0.2) is 0 Å². The van der Waals surface area contributed by atoms with Gasteiger partial charge in [-0.3, -0.25) is 0 Å². The molecule has 0 bridgehead atoms. The fourth-order valence-corrected chi connectivity index (χ4v) is 2.34. The highest BCUT2D eigenvalue weighted by Crippen LogP contribution is 2.11. The third-order valence-corrected chi connectivity index (χ3v) is 3.95. The van der Waals surface area contributed by atoms with Crippen LogP contribution in [0.15, 0.2) is 23.2 Å². The molecule has 0 amide bonds. The van der Waals surface area contributed by atoms with E-state index in [9.17, 15) is 8.42 Å². The second-order valence-corrected chi connectivity index (χ2v) is 5.79. The molecule has 0 spiro atoms. The van der Waals surface area contributed by atoms with Crippen molar-refractivity contribution in [2.24, 2.45) is 5.92 Å². The first-order valence-electron chi connectivity index (χ1n) is 5.07. The maximum atomic E-state index is 11.9. The number of nitrogens with one attached hydrogen (secondary N) is 1. The van der Waals surface area contributed by atoms with Crippen molar-refractivity contribution in [3.05, 3.63) is 18.3 Å². The third kappa shape index (κ3) is 3.18. The minimum Gasteiger partial charge on any atom is -0.384 e. The van der Waals surface area contributed by atoms with Crippen LogP contribution in [0.3, 0.4) is 0 Å². The zero-order valence-electron chi connectivity index (χ0n) is 9.64. The zero-order chi connectivity index (χ0) is 12.3. The molecule has 1 rings (SSSR count). The summed E-state index contributed by atoms with van der Waals surface area (Å²) in [5, 5.41) is 0. The van der Waals surface area contributed by atoms with Gasteiger partial charge in [0.25, 0.3) is 0 Å². The number of hydrogen-bond acceptors (Lipinski definition) is 4. The van der Waals surface area contributed by atoms with Crippen LogP contribution in [0, 0.1) is 5.92 Å². The van der Waals surface area contributed by atoms with Crippen molar-refractivity contribution < 1.29 is 8.42 Å². The Balaban J connectivity index is 2.90. The van der Waals surface area contributed by atoms with E-state index in [-0.39, 0.29) is 16.9 Å². The number of rotatable bonds is 4. The molecule has 1 aromatic heterocycles. The Labute approximate surface area is 96.1 Å². The second-order valence-electron chi connectivity index (χ2n) is 4.07. The van der Waals surface area contributed by atoms with Crippen molar-refractivity contribution in [3.63, 3.8) is 0 Å². The normalized spacial score (nSPS) is 14.0. The Morgan fingerprint density at radius 1 is 1.31 bits per heavy atom. The largest absolute Gasteiger partial charge is 0.384 e. The van der Waals surface area contributed by atoms with Crippen LogP contribution < -0.4 is 10.5 Å². The van der Waals surface area contributed by atoms with Crippen molar-refractivity contribution in [1.82, 2.24) is 9.71 Å². The third-order valence-electron chi connectivity index (χ3n) is 2.41. The lowest BCUT2D eigenvalue weighted by Gasteiger charge is -2.17. The van der Waals surface area contributed by atoms with Crippen molar-refractivity contribution in [3.8, 4) is 0 Å². The van der Waals surface area contributed by atoms with E-state index in [2.05, 4.69) is 9.71 Å². The van der Waals surface area contributed by atoms with E-state index < -0.39 is 10.0 Å². The monoisotopic (exact) mass is 243 g/mol. The fraction of sp³-hybridized carbons (Fsp3) is 0.500. The lowest BCUT2D eigenvalue weighted by Crippen LogP contribution is -2.36. The fourth-order valence-electron chi connectivity index (χ4n) is 1.000. The van der Waals surface area contributed by atoms with E-state index in [1.807, 2.05) is 20.8 Å². The van der Waals surface area contributed by atoms with Crippen LogP contribution in [0.4, 0.5) is 5.82 Å². The Kier molecular flexibility index (Phi) is 3.88. The maximum Gasteiger partial charge on any atom is 0.242 e. The number of hydrogen-bond donors (Lipinski definition) is 2. The van der Waals surface area contributed by atoms with Crippen LogP contribution in [0.2, 0.25) is 0 Å². The Bertz CT molecular complexity index is 440. The topological polar surface area (TPSA) is 85.1 Å². The number of aromatic nitrogens is 1. The lowest BCUT2D eigenvalue weighted by atomic mass is 10.1. The van der Waals surface area contributed by atoms with Gasteiger partial charge in [-0.25, -0.2) is 18.1 Å². The van der Waals surface area contributed by atoms with E-state index in [4.69, 9.17) is 5.73 Å². The first-order valence-corrected chi connectivity index (χ1v) is 6.55. The van der Waals surface area contributed by atoms with Gasteiger partial charge in [0.05, 0.1) is 0 Å². The van der Waals surface area contributed by atoms with Crippen LogP contribution in [-0.2, 0) is 10.0 Å². The summed E-state index contributed by atoms with van der Waals surface area (Å²) < 4.78 is 26.3. The first-order chi connectivity index (χ1) is 7.33.